The lowest BCUT2D eigenvalue weighted by molar-refractivity contribution is -0.143. The summed E-state index contributed by atoms with van der Waals surface area (Å²) in [4.78, 5) is 29.5. The molecule has 8 heteroatoms. The van der Waals surface area contributed by atoms with Gasteiger partial charge in [0, 0.05) is 29.4 Å². The molecule has 1 aromatic heterocycles. The number of hydrogen-bond donors (Lipinski definition) is 1. The summed E-state index contributed by atoms with van der Waals surface area (Å²) in [7, 11) is 0. The maximum atomic E-state index is 13.0. The number of fused-ring (bicyclic) bond motifs is 1. The Labute approximate surface area is 191 Å². The number of amides is 2. The van der Waals surface area contributed by atoms with Crippen LogP contribution in [0.1, 0.15) is 39.0 Å². The summed E-state index contributed by atoms with van der Waals surface area (Å²) in [5, 5.41) is 1.89. The molecule has 162 valence electrons. The van der Waals surface area contributed by atoms with Gasteiger partial charge in [-0.25, -0.2) is 4.72 Å². The Bertz CT molecular complexity index is 915. The Morgan fingerprint density at radius 1 is 1.33 bits per heavy atom. The fourth-order valence-electron chi connectivity index (χ4n) is 3.83. The quantitative estimate of drug-likeness (QED) is 0.541. The molecule has 1 aliphatic carbocycles. The highest BCUT2D eigenvalue weighted by Gasteiger charge is 2.32. The first kappa shape index (κ1) is 21.9. The smallest absolute Gasteiger partial charge is 0.242 e. The van der Waals surface area contributed by atoms with Crippen LogP contribution in [0.3, 0.4) is 0 Å². The lowest BCUT2D eigenvalue weighted by Gasteiger charge is -2.33. The number of piperidine rings is 1. The molecule has 0 spiro atoms. The van der Waals surface area contributed by atoms with Gasteiger partial charge in [-0.2, -0.15) is 0 Å². The minimum atomic E-state index is -0.256. The normalized spacial score (nSPS) is 19.5. The van der Waals surface area contributed by atoms with Crippen LogP contribution < -0.4 is 4.72 Å². The van der Waals surface area contributed by atoms with E-state index in [2.05, 4.69) is 17.7 Å². The third-order valence-corrected chi connectivity index (χ3v) is 7.99. The van der Waals surface area contributed by atoms with E-state index in [0.29, 0.717) is 12.5 Å². The van der Waals surface area contributed by atoms with Crippen LogP contribution in [0.4, 0.5) is 0 Å². The largest absolute Gasteiger partial charge is 0.341 e. The number of nitrogens with one attached hydrogen (secondary N) is 1. The van der Waals surface area contributed by atoms with Gasteiger partial charge in [-0.1, -0.05) is 24.6 Å². The zero-order valence-electron chi connectivity index (χ0n) is 17.2. The second-order valence-corrected chi connectivity index (χ2v) is 10.9. The Hall–Kier alpha value is -1.28. The van der Waals surface area contributed by atoms with Crippen molar-refractivity contribution >= 4 is 56.8 Å². The van der Waals surface area contributed by atoms with Gasteiger partial charge in [-0.3, -0.25) is 9.59 Å². The molecule has 1 atom stereocenters. The Morgan fingerprint density at radius 3 is 2.93 bits per heavy atom. The molecule has 1 saturated heterocycles. The van der Waals surface area contributed by atoms with Crippen LogP contribution in [0.5, 0.6) is 0 Å². The van der Waals surface area contributed by atoms with Crippen molar-refractivity contribution in [1.82, 2.24) is 14.5 Å². The van der Waals surface area contributed by atoms with Crippen molar-refractivity contribution in [1.29, 1.82) is 0 Å². The summed E-state index contributed by atoms with van der Waals surface area (Å²) in [5.41, 5.74) is 0. The number of hydrogen-bond acceptors (Lipinski definition) is 5. The van der Waals surface area contributed by atoms with Crippen molar-refractivity contribution in [2.24, 2.45) is 5.92 Å². The number of carbonyl (C=O) groups is 2. The molecule has 1 saturated carbocycles. The van der Waals surface area contributed by atoms with Crippen LogP contribution >= 0.6 is 34.9 Å². The predicted octanol–water partition coefficient (Wildman–Crippen LogP) is 4.79. The molecule has 2 amide bonds. The molecule has 1 aliphatic heterocycles. The molecule has 1 aromatic carbocycles. The molecule has 2 aromatic rings. The number of rotatable bonds is 9. The van der Waals surface area contributed by atoms with E-state index >= 15 is 0 Å². The van der Waals surface area contributed by atoms with Gasteiger partial charge in [0.2, 0.25) is 11.8 Å². The van der Waals surface area contributed by atoms with Gasteiger partial charge in [0.15, 0.2) is 0 Å². The molecule has 2 aliphatic rings. The maximum Gasteiger partial charge on any atom is 0.242 e. The number of halogens is 1. The van der Waals surface area contributed by atoms with Crippen LogP contribution in [0.15, 0.2) is 28.5 Å². The minimum absolute atomic E-state index is 0.0362. The lowest BCUT2D eigenvalue weighted by atomic mass is 10.1. The SMILES string of the molecule is CCCN(CC1CC1)C(=O)CN1CCC[C@H](NSc2cc3ccc(Cl)cc3s2)C1=O. The summed E-state index contributed by atoms with van der Waals surface area (Å²) >= 11 is 9.24. The van der Waals surface area contributed by atoms with E-state index in [1.807, 2.05) is 23.1 Å². The van der Waals surface area contributed by atoms with Crippen molar-refractivity contribution < 1.29 is 9.59 Å². The third kappa shape index (κ3) is 5.49. The average molecular weight is 466 g/mol. The van der Waals surface area contributed by atoms with E-state index in [9.17, 15) is 9.59 Å². The fraction of sp³-hybridized carbons (Fsp3) is 0.545. The van der Waals surface area contributed by atoms with Crippen LogP contribution in [0.25, 0.3) is 10.1 Å². The zero-order chi connectivity index (χ0) is 21.1. The van der Waals surface area contributed by atoms with Crippen molar-refractivity contribution in [3.8, 4) is 0 Å². The maximum absolute atomic E-state index is 13.0. The molecule has 0 bridgehead atoms. The minimum Gasteiger partial charge on any atom is -0.341 e. The fourth-order valence-corrected chi connectivity index (χ4v) is 6.14. The van der Waals surface area contributed by atoms with Gasteiger partial charge < -0.3 is 9.80 Å². The van der Waals surface area contributed by atoms with Gasteiger partial charge >= 0.3 is 0 Å². The van der Waals surface area contributed by atoms with Crippen LogP contribution in [0, 0.1) is 5.92 Å². The first-order valence-corrected chi connectivity index (χ1v) is 12.7. The lowest BCUT2D eigenvalue weighted by Crippen LogP contribution is -2.52. The number of thiophene rings is 1. The zero-order valence-corrected chi connectivity index (χ0v) is 19.6. The first-order chi connectivity index (χ1) is 14.5. The van der Waals surface area contributed by atoms with Gasteiger partial charge in [0.25, 0.3) is 0 Å². The molecule has 0 radical (unpaired) electrons. The van der Waals surface area contributed by atoms with E-state index in [1.165, 1.54) is 24.8 Å². The number of likely N-dealkylation sites (tertiary alicyclic amines) is 1. The standard InChI is InChI=1S/C22H28ClN3O2S2/c1-2-9-25(13-15-5-6-15)20(27)14-26-10-3-4-18(22(26)28)24-30-21-11-16-7-8-17(23)12-19(16)29-21/h7-8,11-12,15,18,24H,2-6,9-10,13-14H2,1H3/t18-/m0/s1. The van der Waals surface area contributed by atoms with Crippen LogP contribution in [-0.4, -0.2) is 53.8 Å². The monoisotopic (exact) mass is 465 g/mol. The van der Waals surface area contributed by atoms with Gasteiger partial charge in [0.05, 0.1) is 16.8 Å². The summed E-state index contributed by atoms with van der Waals surface area (Å²) in [5.74, 6) is 0.792. The Balaban J connectivity index is 1.33. The molecule has 2 heterocycles. The highest BCUT2D eigenvalue weighted by atomic mass is 35.5. The summed E-state index contributed by atoms with van der Waals surface area (Å²) in [6.07, 6.45) is 5.11. The molecule has 2 fully saturated rings. The number of nitrogens with zero attached hydrogens (tertiary/aromatic N) is 2. The second-order valence-electron chi connectivity index (χ2n) is 8.21. The molecule has 5 nitrogen and oxygen atoms in total. The second kappa shape index (κ2) is 9.90. The van der Waals surface area contributed by atoms with E-state index in [4.69, 9.17) is 11.6 Å². The van der Waals surface area contributed by atoms with Gasteiger partial charge in [-0.15, -0.1) is 11.3 Å². The van der Waals surface area contributed by atoms with Gasteiger partial charge in [0.1, 0.15) is 0 Å². The van der Waals surface area contributed by atoms with Crippen molar-refractivity contribution in [3.05, 3.63) is 29.3 Å². The first-order valence-electron chi connectivity index (χ1n) is 10.7. The van der Waals surface area contributed by atoms with Crippen molar-refractivity contribution in [2.75, 3.05) is 26.2 Å². The molecular formula is C22H28ClN3O2S2. The van der Waals surface area contributed by atoms with Gasteiger partial charge in [-0.05, 0) is 73.6 Å². The van der Waals surface area contributed by atoms with Crippen molar-refractivity contribution in [3.63, 3.8) is 0 Å². The summed E-state index contributed by atoms with van der Waals surface area (Å²) in [6, 6.07) is 7.73. The summed E-state index contributed by atoms with van der Waals surface area (Å²) in [6.45, 7) is 4.60. The Morgan fingerprint density at radius 2 is 2.17 bits per heavy atom. The molecule has 30 heavy (non-hydrogen) atoms. The predicted molar refractivity (Wildman–Crippen MR) is 125 cm³/mol. The highest BCUT2D eigenvalue weighted by molar-refractivity contribution is 7.99. The number of benzene rings is 1. The topological polar surface area (TPSA) is 52.7 Å². The van der Waals surface area contributed by atoms with E-state index in [1.54, 1.807) is 16.2 Å². The van der Waals surface area contributed by atoms with E-state index in [-0.39, 0.29) is 24.4 Å². The van der Waals surface area contributed by atoms with Crippen molar-refractivity contribution in [2.45, 2.75) is 49.3 Å². The van der Waals surface area contributed by atoms with Crippen LogP contribution in [-0.2, 0) is 9.59 Å². The molecular weight excluding hydrogens is 438 g/mol. The molecule has 0 unspecified atom stereocenters. The highest BCUT2D eigenvalue weighted by Crippen LogP contribution is 2.34. The van der Waals surface area contributed by atoms with E-state index in [0.717, 1.165) is 51.7 Å². The molecule has 4 rings (SSSR count). The Kier molecular flexibility index (Phi) is 7.24. The summed E-state index contributed by atoms with van der Waals surface area (Å²) < 4.78 is 5.58. The van der Waals surface area contributed by atoms with Crippen LogP contribution in [0.2, 0.25) is 5.02 Å². The third-order valence-electron chi connectivity index (χ3n) is 5.64. The number of carbonyl (C=O) groups excluding carboxylic acids is 2. The molecule has 1 N–H and O–H groups in total. The van der Waals surface area contributed by atoms with E-state index < -0.39 is 0 Å². The average Bonchev–Trinajstić information content (AvgIpc) is 3.45.